The van der Waals surface area contributed by atoms with Crippen LogP contribution in [0.5, 0.6) is 0 Å². The number of rotatable bonds is 2. The van der Waals surface area contributed by atoms with Crippen molar-refractivity contribution in [2.24, 2.45) is 5.92 Å². The van der Waals surface area contributed by atoms with Gasteiger partial charge >= 0.3 is 6.09 Å². The number of piperidine rings is 1. The molecule has 8 nitrogen and oxygen atoms in total. The monoisotopic (exact) mass is 341 g/mol. The molecule has 2 saturated heterocycles. The van der Waals surface area contributed by atoms with Crippen molar-refractivity contribution in [3.8, 4) is 5.69 Å². The Morgan fingerprint density at radius 1 is 1.20 bits per heavy atom. The molecular formula is C17H19N5O3. The molecule has 2 aromatic rings. The molecule has 0 spiro atoms. The SMILES string of the molecule is Cc1ccc(-n2nccn2)c(C(=O)N2CCC3CN(C(=O)O)C3C2)c1. The van der Waals surface area contributed by atoms with Crippen LogP contribution in [0.4, 0.5) is 4.79 Å². The molecule has 1 aromatic heterocycles. The van der Waals surface area contributed by atoms with E-state index >= 15 is 0 Å². The highest BCUT2D eigenvalue weighted by molar-refractivity contribution is 5.98. The number of carbonyl (C=O) groups excluding carboxylic acids is 1. The average Bonchev–Trinajstić information content (AvgIpc) is 3.09. The van der Waals surface area contributed by atoms with Crippen LogP contribution in [0, 0.1) is 12.8 Å². The van der Waals surface area contributed by atoms with Crippen molar-refractivity contribution in [3.63, 3.8) is 0 Å². The first-order valence-electron chi connectivity index (χ1n) is 8.31. The standard InChI is InChI=1S/C17H19N5O3/c1-11-2-3-14(22-18-5-6-19-22)13(8-11)16(23)20-7-4-12-9-21(17(24)25)15(12)10-20/h2-3,5-6,8,12,15H,4,7,9-10H2,1H3,(H,24,25). The lowest BCUT2D eigenvalue weighted by atomic mass is 9.82. The molecule has 2 atom stereocenters. The van der Waals surface area contributed by atoms with Crippen molar-refractivity contribution in [1.29, 1.82) is 0 Å². The maximum absolute atomic E-state index is 13.1. The largest absolute Gasteiger partial charge is 0.465 e. The molecule has 1 N–H and O–H groups in total. The van der Waals surface area contributed by atoms with Crippen LogP contribution in [-0.2, 0) is 0 Å². The van der Waals surface area contributed by atoms with E-state index in [-0.39, 0.29) is 11.9 Å². The highest BCUT2D eigenvalue weighted by atomic mass is 16.4. The van der Waals surface area contributed by atoms with Gasteiger partial charge in [0, 0.05) is 25.6 Å². The molecule has 4 rings (SSSR count). The summed E-state index contributed by atoms with van der Waals surface area (Å²) in [4.78, 5) is 29.0. The van der Waals surface area contributed by atoms with E-state index in [0.29, 0.717) is 36.8 Å². The fourth-order valence-electron chi connectivity index (χ4n) is 3.71. The molecule has 1 aromatic carbocycles. The minimum absolute atomic E-state index is 0.0914. The molecule has 2 unspecified atom stereocenters. The second kappa shape index (κ2) is 5.87. The Kier molecular flexibility index (Phi) is 3.67. The molecule has 8 heteroatoms. The molecule has 2 fully saturated rings. The van der Waals surface area contributed by atoms with E-state index in [0.717, 1.165) is 12.0 Å². The van der Waals surface area contributed by atoms with Crippen molar-refractivity contribution in [2.75, 3.05) is 19.6 Å². The van der Waals surface area contributed by atoms with Crippen molar-refractivity contribution in [2.45, 2.75) is 19.4 Å². The van der Waals surface area contributed by atoms with E-state index in [1.807, 2.05) is 25.1 Å². The highest BCUT2D eigenvalue weighted by Gasteiger charge is 2.46. The first-order valence-corrected chi connectivity index (χ1v) is 8.31. The number of carboxylic acid groups (broad SMARTS) is 1. The number of benzene rings is 1. The van der Waals surface area contributed by atoms with Crippen molar-refractivity contribution < 1.29 is 14.7 Å². The smallest absolute Gasteiger partial charge is 0.407 e. The van der Waals surface area contributed by atoms with Crippen LogP contribution >= 0.6 is 0 Å². The predicted molar refractivity (Wildman–Crippen MR) is 88.6 cm³/mol. The summed E-state index contributed by atoms with van der Waals surface area (Å²) in [5.41, 5.74) is 2.15. The number of likely N-dealkylation sites (tertiary alicyclic amines) is 2. The molecule has 2 aliphatic heterocycles. The lowest BCUT2D eigenvalue weighted by molar-refractivity contribution is -0.0242. The summed E-state index contributed by atoms with van der Waals surface area (Å²) < 4.78 is 0. The molecular weight excluding hydrogens is 322 g/mol. The topological polar surface area (TPSA) is 91.6 Å². The summed E-state index contributed by atoms with van der Waals surface area (Å²) in [6.07, 6.45) is 3.06. The van der Waals surface area contributed by atoms with Crippen LogP contribution in [0.3, 0.4) is 0 Å². The van der Waals surface area contributed by atoms with E-state index in [1.54, 1.807) is 17.3 Å². The average molecular weight is 341 g/mol. The van der Waals surface area contributed by atoms with Gasteiger partial charge in [0.15, 0.2) is 0 Å². The summed E-state index contributed by atoms with van der Waals surface area (Å²) in [6.45, 7) is 3.60. The van der Waals surface area contributed by atoms with Gasteiger partial charge in [-0.15, -0.1) is 0 Å². The second-order valence-corrected chi connectivity index (χ2v) is 6.64. The van der Waals surface area contributed by atoms with E-state index in [1.165, 1.54) is 9.70 Å². The molecule has 2 amide bonds. The van der Waals surface area contributed by atoms with Crippen LogP contribution in [-0.4, -0.2) is 67.6 Å². The molecule has 0 bridgehead atoms. The van der Waals surface area contributed by atoms with Crippen LogP contribution in [0.2, 0.25) is 0 Å². The molecule has 0 aliphatic carbocycles. The number of amides is 2. The van der Waals surface area contributed by atoms with E-state index in [2.05, 4.69) is 10.2 Å². The Balaban J connectivity index is 1.61. The molecule has 2 aliphatic rings. The highest BCUT2D eigenvalue weighted by Crippen LogP contribution is 2.33. The normalized spacial score (nSPS) is 22.3. The molecule has 3 heterocycles. The summed E-state index contributed by atoms with van der Waals surface area (Å²) in [5, 5.41) is 17.5. The van der Waals surface area contributed by atoms with Gasteiger partial charge < -0.3 is 14.9 Å². The minimum atomic E-state index is -0.910. The molecule has 0 saturated carbocycles. The number of carbonyl (C=O) groups is 2. The Labute approximate surface area is 144 Å². The van der Waals surface area contributed by atoms with Crippen LogP contribution < -0.4 is 0 Å². The molecule has 25 heavy (non-hydrogen) atoms. The summed E-state index contributed by atoms with van der Waals surface area (Å²) >= 11 is 0. The number of hydrogen-bond donors (Lipinski definition) is 1. The first kappa shape index (κ1) is 15.6. The Bertz CT molecular complexity index is 820. The third-order valence-electron chi connectivity index (χ3n) is 5.10. The number of hydrogen-bond acceptors (Lipinski definition) is 4. The second-order valence-electron chi connectivity index (χ2n) is 6.64. The maximum Gasteiger partial charge on any atom is 0.407 e. The van der Waals surface area contributed by atoms with Gasteiger partial charge in [0.05, 0.1) is 29.7 Å². The zero-order valence-corrected chi connectivity index (χ0v) is 13.9. The third kappa shape index (κ3) is 2.63. The van der Waals surface area contributed by atoms with Gasteiger partial charge in [0.1, 0.15) is 0 Å². The molecule has 0 radical (unpaired) electrons. The van der Waals surface area contributed by atoms with Crippen LogP contribution in [0.25, 0.3) is 5.69 Å². The maximum atomic E-state index is 13.1. The third-order valence-corrected chi connectivity index (χ3v) is 5.10. The van der Waals surface area contributed by atoms with Gasteiger partial charge in [-0.3, -0.25) is 4.79 Å². The zero-order valence-electron chi connectivity index (χ0n) is 13.9. The van der Waals surface area contributed by atoms with Crippen molar-refractivity contribution in [1.82, 2.24) is 24.8 Å². The predicted octanol–water partition coefficient (Wildman–Crippen LogP) is 1.40. The van der Waals surface area contributed by atoms with Crippen LogP contribution in [0.15, 0.2) is 30.6 Å². The van der Waals surface area contributed by atoms with Gasteiger partial charge in [-0.25, -0.2) is 4.79 Å². The number of nitrogens with zero attached hydrogens (tertiary/aromatic N) is 5. The van der Waals surface area contributed by atoms with E-state index in [4.69, 9.17) is 0 Å². The Hall–Kier alpha value is -2.90. The minimum Gasteiger partial charge on any atom is -0.465 e. The number of fused-ring (bicyclic) bond motifs is 1. The Morgan fingerprint density at radius 3 is 2.68 bits per heavy atom. The van der Waals surface area contributed by atoms with Crippen molar-refractivity contribution in [3.05, 3.63) is 41.7 Å². The van der Waals surface area contributed by atoms with Crippen LogP contribution in [0.1, 0.15) is 22.3 Å². The number of aryl methyl sites for hydroxylation is 1. The number of aromatic nitrogens is 3. The summed E-state index contributed by atoms with van der Waals surface area (Å²) in [5.74, 6) is 0.261. The fraction of sp³-hybridized carbons (Fsp3) is 0.412. The lowest BCUT2D eigenvalue weighted by Crippen LogP contribution is -2.66. The van der Waals surface area contributed by atoms with Gasteiger partial charge in [-0.05, 0) is 25.5 Å². The van der Waals surface area contributed by atoms with E-state index < -0.39 is 6.09 Å². The van der Waals surface area contributed by atoms with Crippen molar-refractivity contribution >= 4 is 12.0 Å². The Morgan fingerprint density at radius 2 is 1.96 bits per heavy atom. The quantitative estimate of drug-likeness (QED) is 0.891. The zero-order chi connectivity index (χ0) is 17.6. The summed E-state index contributed by atoms with van der Waals surface area (Å²) in [7, 11) is 0. The lowest BCUT2D eigenvalue weighted by Gasteiger charge is -2.52. The first-order chi connectivity index (χ1) is 12.0. The summed E-state index contributed by atoms with van der Waals surface area (Å²) in [6, 6.07) is 5.50. The fourth-order valence-corrected chi connectivity index (χ4v) is 3.71. The molecule has 130 valence electrons. The van der Waals surface area contributed by atoms with E-state index in [9.17, 15) is 14.7 Å². The van der Waals surface area contributed by atoms with Gasteiger partial charge in [0.2, 0.25) is 0 Å². The van der Waals surface area contributed by atoms with Gasteiger partial charge in [-0.2, -0.15) is 15.0 Å². The van der Waals surface area contributed by atoms with Gasteiger partial charge in [0.25, 0.3) is 5.91 Å². The van der Waals surface area contributed by atoms with Gasteiger partial charge in [-0.1, -0.05) is 11.6 Å².